The minimum absolute atomic E-state index is 0. The zero-order valence-electron chi connectivity index (χ0n) is 31.2. The van der Waals surface area contributed by atoms with Gasteiger partial charge in [0.1, 0.15) is 0 Å². The molecule has 2 atom stereocenters. The molecule has 1 saturated heterocycles. The average Bonchev–Trinajstić information content (AvgIpc) is 3.59. The van der Waals surface area contributed by atoms with E-state index in [0.29, 0.717) is 20.3 Å². The number of hydrogen-bond acceptors (Lipinski definition) is 0. The molecule has 2 unspecified atom stereocenters. The van der Waals surface area contributed by atoms with Gasteiger partial charge >= 0.3 is 297 Å². The number of hydrogen-bond donors (Lipinski definition) is 0. The molecule has 0 nitrogen and oxygen atoms in total. The Morgan fingerprint density at radius 1 is 0.560 bits per heavy atom. The Morgan fingerprint density at radius 3 is 1.28 bits per heavy atom. The van der Waals surface area contributed by atoms with Gasteiger partial charge < -0.3 is 24.8 Å². The van der Waals surface area contributed by atoms with E-state index in [-0.39, 0.29) is 24.8 Å². The molecule has 7 rings (SSSR count). The fourth-order valence-corrected chi connectivity index (χ4v) is 19.5. The van der Waals surface area contributed by atoms with E-state index < -0.39 is 16.6 Å². The average molecular weight is 740 g/mol. The zero-order valence-corrected chi connectivity index (χ0v) is 34.2. The minimum atomic E-state index is -2.59. The second-order valence-electron chi connectivity index (χ2n) is 16.1. The summed E-state index contributed by atoms with van der Waals surface area (Å²) in [5.41, 5.74) is 18.5. The van der Waals surface area contributed by atoms with Crippen molar-refractivity contribution >= 4 is 12.2 Å². The van der Waals surface area contributed by atoms with E-state index in [1.807, 2.05) is 0 Å². The molecule has 4 aromatic carbocycles. The van der Waals surface area contributed by atoms with Crippen molar-refractivity contribution in [1.82, 2.24) is 0 Å². The molecule has 0 aromatic heterocycles. The van der Waals surface area contributed by atoms with Crippen LogP contribution in [0.5, 0.6) is 0 Å². The molecular formula is C47H56Cl2Ti. The number of allylic oxidation sites excluding steroid dienone is 2. The van der Waals surface area contributed by atoms with Crippen molar-refractivity contribution in [2.24, 2.45) is 11.8 Å². The minimum Gasteiger partial charge on any atom is -1.00 e. The molecular weight excluding hydrogens is 683 g/mol. The van der Waals surface area contributed by atoms with Crippen LogP contribution in [0, 0.1) is 11.8 Å². The van der Waals surface area contributed by atoms with Crippen molar-refractivity contribution in [1.29, 1.82) is 0 Å². The Kier molecular flexibility index (Phi) is 12.9. The van der Waals surface area contributed by atoms with Gasteiger partial charge in [-0.25, -0.2) is 0 Å². The van der Waals surface area contributed by atoms with Crippen LogP contribution in [-0.4, -0.2) is 0 Å². The molecule has 0 radical (unpaired) electrons. The van der Waals surface area contributed by atoms with Crippen LogP contribution in [0.25, 0.3) is 34.4 Å². The van der Waals surface area contributed by atoms with Gasteiger partial charge in [0.15, 0.2) is 0 Å². The largest absolute Gasteiger partial charge is 1.00 e. The molecule has 50 heavy (non-hydrogen) atoms. The fourth-order valence-electron chi connectivity index (χ4n) is 9.69. The Labute approximate surface area is 319 Å². The van der Waals surface area contributed by atoms with Crippen LogP contribution in [0.4, 0.5) is 0 Å². The number of rotatable bonds is 12. The number of fused-ring (bicyclic) bond motifs is 2. The first-order chi connectivity index (χ1) is 23.3. The third kappa shape index (κ3) is 7.30. The van der Waals surface area contributed by atoms with E-state index >= 15 is 0 Å². The summed E-state index contributed by atoms with van der Waals surface area (Å²) in [5, 5.41) is 0. The van der Waals surface area contributed by atoms with Crippen LogP contribution in [0.3, 0.4) is 0 Å². The SMILES string of the molecule is CCCc1ccc(-c2cccc3c2C=C(CC(C)C)[CH]3[Ti+2]2([CH]3C(CC(C)C)=Cc4c(-c5ccc(CCC)cc5)cccc43)[CH2]C[CH2]2)cc1.[Cl-].[Cl-]. The van der Waals surface area contributed by atoms with Crippen LogP contribution >= 0.6 is 0 Å². The fraction of sp³-hybridized carbons (Fsp3) is 0.404. The Hall–Kier alpha value is -2.35. The molecule has 1 fully saturated rings. The van der Waals surface area contributed by atoms with Crippen molar-refractivity contribution in [2.75, 3.05) is 0 Å². The van der Waals surface area contributed by atoms with Crippen molar-refractivity contribution in [2.45, 2.75) is 104 Å². The topological polar surface area (TPSA) is 0 Å². The molecule has 3 heteroatoms. The normalized spacial score (nSPS) is 17.8. The standard InChI is InChI=1S/2C22H25.C3H6.2ClH.Ti/c2*1-4-6-17-9-11-19(12-10-17)21-8-5-7-20-14-18(13-16(2)3)15-22(20)21;1-3-2;;;/h2*5,7-12,14-16H,4,6,13H2,1-3H3;1-3H2;2*1H;/q;;;;;+2/p-2. The van der Waals surface area contributed by atoms with Gasteiger partial charge in [0.25, 0.3) is 0 Å². The van der Waals surface area contributed by atoms with Crippen molar-refractivity contribution in [3.05, 3.63) is 129 Å². The van der Waals surface area contributed by atoms with Gasteiger partial charge in [-0.2, -0.15) is 0 Å². The van der Waals surface area contributed by atoms with E-state index in [0.717, 1.165) is 12.8 Å². The van der Waals surface area contributed by atoms with E-state index in [1.165, 1.54) is 86.1 Å². The number of benzene rings is 4. The van der Waals surface area contributed by atoms with Gasteiger partial charge in [0.05, 0.1) is 0 Å². The predicted molar refractivity (Wildman–Crippen MR) is 206 cm³/mol. The molecule has 3 aliphatic rings. The van der Waals surface area contributed by atoms with Crippen molar-refractivity contribution in [3.63, 3.8) is 0 Å². The van der Waals surface area contributed by atoms with Gasteiger partial charge in [-0.05, 0) is 0 Å². The Morgan fingerprint density at radius 2 is 0.960 bits per heavy atom. The maximum Gasteiger partial charge on any atom is -1.00 e. The van der Waals surface area contributed by atoms with Crippen molar-refractivity contribution in [3.8, 4) is 22.3 Å². The van der Waals surface area contributed by atoms with Gasteiger partial charge in [0, 0.05) is 0 Å². The molecule has 0 saturated carbocycles. The Balaban J connectivity index is 0.00000243. The van der Waals surface area contributed by atoms with E-state index in [9.17, 15) is 0 Å². The van der Waals surface area contributed by atoms with Crippen molar-refractivity contribution < 1.29 is 41.4 Å². The van der Waals surface area contributed by atoms with Crippen LogP contribution in [0.2, 0.25) is 9.45 Å². The third-order valence-electron chi connectivity index (χ3n) is 11.6. The molecule has 0 amide bonds. The van der Waals surface area contributed by atoms with Crippen LogP contribution in [-0.2, 0) is 29.4 Å². The summed E-state index contributed by atoms with van der Waals surface area (Å²) in [4.78, 5) is 0. The van der Waals surface area contributed by atoms with Gasteiger partial charge in [-0.15, -0.1) is 0 Å². The summed E-state index contributed by atoms with van der Waals surface area (Å²) in [5.74, 6) is 1.32. The van der Waals surface area contributed by atoms with E-state index in [4.69, 9.17) is 0 Å². The first-order valence-electron chi connectivity index (χ1n) is 19.2. The molecule has 0 spiro atoms. The van der Waals surface area contributed by atoms with Crippen LogP contribution in [0.1, 0.15) is 115 Å². The molecule has 2 aliphatic carbocycles. The first kappa shape index (κ1) is 38.9. The zero-order chi connectivity index (χ0) is 33.4. The second-order valence-corrected chi connectivity index (χ2v) is 23.3. The summed E-state index contributed by atoms with van der Waals surface area (Å²) in [7, 11) is 0. The predicted octanol–water partition coefficient (Wildman–Crippen LogP) is 8.00. The molecule has 0 bridgehead atoms. The summed E-state index contributed by atoms with van der Waals surface area (Å²) >= 11 is -2.59. The molecule has 1 aliphatic heterocycles. The summed E-state index contributed by atoms with van der Waals surface area (Å²) < 4.78 is 4.29. The van der Waals surface area contributed by atoms with Crippen LogP contribution < -0.4 is 24.8 Å². The Bertz CT molecular complexity index is 1690. The summed E-state index contributed by atoms with van der Waals surface area (Å²) in [6.07, 6.45) is 13.9. The molecule has 0 N–H and O–H groups in total. The quantitative estimate of drug-likeness (QED) is 0.129. The van der Waals surface area contributed by atoms with Gasteiger partial charge in [-0.1, -0.05) is 0 Å². The van der Waals surface area contributed by atoms with E-state index in [1.54, 1.807) is 22.3 Å². The second kappa shape index (κ2) is 16.5. The van der Waals surface area contributed by atoms with Gasteiger partial charge in [0.2, 0.25) is 0 Å². The monoisotopic (exact) mass is 738 g/mol. The molecule has 262 valence electrons. The van der Waals surface area contributed by atoms with Gasteiger partial charge in [-0.3, -0.25) is 0 Å². The summed E-state index contributed by atoms with van der Waals surface area (Å²) in [6, 6.07) is 33.6. The number of halogens is 2. The maximum absolute atomic E-state index is 2.69. The maximum atomic E-state index is 2.69. The molecule has 1 heterocycles. The smallest absolute Gasteiger partial charge is 1.00 e. The summed E-state index contributed by atoms with van der Waals surface area (Å²) in [6.45, 7) is 14.3. The van der Waals surface area contributed by atoms with E-state index in [2.05, 4.69) is 139 Å². The third-order valence-corrected chi connectivity index (χ3v) is 21.4. The van der Waals surface area contributed by atoms with Crippen LogP contribution in [0.15, 0.2) is 96.1 Å². The molecule has 4 aromatic rings. The number of aryl methyl sites for hydroxylation is 2. The first-order valence-corrected chi connectivity index (χ1v) is 23.2.